The van der Waals surface area contributed by atoms with Gasteiger partial charge in [-0.05, 0) is 31.4 Å². The number of para-hydroxylation sites is 1. The molecule has 8 heteroatoms. The van der Waals surface area contributed by atoms with Gasteiger partial charge in [0.2, 0.25) is 11.8 Å². The number of hydrogen-bond donors (Lipinski definition) is 1. The van der Waals surface area contributed by atoms with Crippen LogP contribution in [0.3, 0.4) is 0 Å². The van der Waals surface area contributed by atoms with Gasteiger partial charge in [0.25, 0.3) is 0 Å². The molecule has 1 saturated carbocycles. The summed E-state index contributed by atoms with van der Waals surface area (Å²) in [6, 6.07) is 7.95. The van der Waals surface area contributed by atoms with Crippen molar-refractivity contribution in [3.8, 4) is 0 Å². The molecule has 1 aliphatic heterocycles. The summed E-state index contributed by atoms with van der Waals surface area (Å²) in [5, 5.41) is 4.02. The molecule has 6 nitrogen and oxygen atoms in total. The molecule has 2 aliphatic rings. The lowest BCUT2D eigenvalue weighted by atomic mass is 9.77. The van der Waals surface area contributed by atoms with Crippen molar-refractivity contribution in [3.63, 3.8) is 0 Å². The highest BCUT2D eigenvalue weighted by molar-refractivity contribution is 8.00. The van der Waals surface area contributed by atoms with Crippen molar-refractivity contribution in [2.45, 2.75) is 36.1 Å². The average Bonchev–Trinajstić information content (AvgIpc) is 3.01. The van der Waals surface area contributed by atoms with Gasteiger partial charge in [0.05, 0.1) is 17.0 Å². The Bertz CT molecular complexity index is 747. The van der Waals surface area contributed by atoms with Crippen LogP contribution in [-0.2, 0) is 16.8 Å². The third kappa shape index (κ3) is 3.03. The minimum atomic E-state index is -0.411. The Kier molecular flexibility index (Phi) is 4.85. The molecule has 1 fully saturated rings. The number of carbonyl (C=O) groups excluding carboxylic acids is 1. The molecule has 0 unspecified atom stereocenters. The van der Waals surface area contributed by atoms with Crippen LogP contribution in [0.2, 0.25) is 0 Å². The van der Waals surface area contributed by atoms with Crippen molar-refractivity contribution in [3.05, 3.63) is 36.0 Å². The highest BCUT2D eigenvalue weighted by Crippen LogP contribution is 2.37. The molecule has 24 heavy (non-hydrogen) atoms. The molecule has 0 atom stereocenters. The smallest absolute Gasteiger partial charge is 0.237 e. The second-order valence-electron chi connectivity index (χ2n) is 6.07. The molecule has 2 N–H and O–H groups in total. The van der Waals surface area contributed by atoms with Crippen LogP contribution < -0.4 is 10.6 Å². The van der Waals surface area contributed by atoms with E-state index >= 15 is 0 Å². The zero-order valence-corrected chi connectivity index (χ0v) is 14.7. The Morgan fingerprint density at radius 2 is 2.12 bits per heavy atom. The second kappa shape index (κ2) is 6.74. The van der Waals surface area contributed by atoms with Gasteiger partial charge >= 0.3 is 0 Å². The van der Waals surface area contributed by atoms with Crippen molar-refractivity contribution in [2.24, 2.45) is 5.73 Å². The second-order valence-corrected chi connectivity index (χ2v) is 7.09. The molecular weight excluding hydrogens is 348 g/mol. The molecule has 0 saturated heterocycles. The van der Waals surface area contributed by atoms with Gasteiger partial charge in [-0.25, -0.2) is 0 Å². The first kappa shape index (κ1) is 17.3. The van der Waals surface area contributed by atoms with Crippen molar-refractivity contribution in [1.29, 1.82) is 0 Å². The van der Waals surface area contributed by atoms with Crippen molar-refractivity contribution >= 4 is 35.8 Å². The van der Waals surface area contributed by atoms with Crippen LogP contribution in [-0.4, -0.2) is 28.3 Å². The SMILES string of the molecule is Cl.NC1(c2noc(CCN3C(=O)CSc4ccccc43)n2)CCC1. The fourth-order valence-electron chi connectivity index (χ4n) is 2.95. The van der Waals surface area contributed by atoms with Crippen LogP contribution in [0.4, 0.5) is 5.69 Å². The third-order valence-electron chi connectivity index (χ3n) is 4.52. The maximum absolute atomic E-state index is 12.2. The van der Waals surface area contributed by atoms with Gasteiger partial charge in [-0.3, -0.25) is 4.79 Å². The molecule has 1 aromatic heterocycles. The van der Waals surface area contributed by atoms with Gasteiger partial charge < -0.3 is 15.2 Å². The van der Waals surface area contributed by atoms with Gasteiger partial charge in [-0.15, -0.1) is 24.2 Å². The molecule has 1 aromatic carbocycles. The lowest BCUT2D eigenvalue weighted by Gasteiger charge is -2.34. The van der Waals surface area contributed by atoms with Crippen LogP contribution in [0, 0.1) is 0 Å². The summed E-state index contributed by atoms with van der Waals surface area (Å²) in [5.41, 5.74) is 6.76. The first-order valence-electron chi connectivity index (χ1n) is 7.80. The van der Waals surface area contributed by atoms with Crippen LogP contribution in [0.5, 0.6) is 0 Å². The number of carbonyl (C=O) groups is 1. The molecular formula is C16H19ClN4O2S. The van der Waals surface area contributed by atoms with E-state index in [1.807, 2.05) is 24.3 Å². The fourth-order valence-corrected chi connectivity index (χ4v) is 3.88. The maximum atomic E-state index is 12.2. The quantitative estimate of drug-likeness (QED) is 0.894. The monoisotopic (exact) mass is 366 g/mol. The highest BCUT2D eigenvalue weighted by Gasteiger charge is 2.39. The summed E-state index contributed by atoms with van der Waals surface area (Å²) in [7, 11) is 0. The van der Waals surface area contributed by atoms with Gasteiger partial charge in [-0.1, -0.05) is 17.3 Å². The standard InChI is InChI=1S/C16H18N4O2S.ClH/c17-16(7-3-8-16)15-18-13(22-19-15)6-9-20-11-4-1-2-5-12(11)23-10-14(20)21;/h1-2,4-5H,3,6-10,17H2;1H. The van der Waals surface area contributed by atoms with Crippen LogP contribution >= 0.6 is 24.2 Å². The lowest BCUT2D eigenvalue weighted by Crippen LogP contribution is -2.44. The van der Waals surface area contributed by atoms with E-state index in [0.29, 0.717) is 30.4 Å². The predicted molar refractivity (Wildman–Crippen MR) is 94.5 cm³/mol. The Labute approximate surface area is 150 Å². The van der Waals surface area contributed by atoms with E-state index in [9.17, 15) is 4.79 Å². The first-order chi connectivity index (χ1) is 11.2. The topological polar surface area (TPSA) is 85.2 Å². The molecule has 2 heterocycles. The maximum Gasteiger partial charge on any atom is 0.237 e. The van der Waals surface area contributed by atoms with Crippen LogP contribution in [0.15, 0.2) is 33.7 Å². The third-order valence-corrected chi connectivity index (χ3v) is 5.56. The van der Waals surface area contributed by atoms with Gasteiger partial charge in [0, 0.05) is 17.9 Å². The highest BCUT2D eigenvalue weighted by atomic mass is 35.5. The molecule has 128 valence electrons. The Balaban J connectivity index is 0.00000169. The van der Waals surface area contributed by atoms with Gasteiger partial charge in [0.1, 0.15) is 0 Å². The van der Waals surface area contributed by atoms with E-state index in [1.165, 1.54) is 0 Å². The Morgan fingerprint density at radius 1 is 1.33 bits per heavy atom. The van der Waals surface area contributed by atoms with Gasteiger partial charge in [0.15, 0.2) is 5.82 Å². The normalized spacial score (nSPS) is 18.5. The zero-order valence-electron chi connectivity index (χ0n) is 13.1. The minimum Gasteiger partial charge on any atom is -0.339 e. The van der Waals surface area contributed by atoms with E-state index in [1.54, 1.807) is 16.7 Å². The lowest BCUT2D eigenvalue weighted by molar-refractivity contribution is -0.116. The van der Waals surface area contributed by atoms with Crippen molar-refractivity contribution in [2.75, 3.05) is 17.2 Å². The fraction of sp³-hybridized carbons (Fsp3) is 0.438. The number of hydrogen-bond acceptors (Lipinski definition) is 6. The van der Waals surface area contributed by atoms with E-state index in [2.05, 4.69) is 10.1 Å². The number of benzene rings is 1. The summed E-state index contributed by atoms with van der Waals surface area (Å²) in [6.07, 6.45) is 3.45. The molecule has 2 aromatic rings. The van der Waals surface area contributed by atoms with E-state index in [4.69, 9.17) is 10.3 Å². The number of nitrogens with zero attached hydrogens (tertiary/aromatic N) is 3. The predicted octanol–water partition coefficient (Wildman–Crippen LogP) is 2.51. The summed E-state index contributed by atoms with van der Waals surface area (Å²) < 4.78 is 5.32. The number of amides is 1. The summed E-state index contributed by atoms with van der Waals surface area (Å²) in [6.45, 7) is 0.537. The number of aromatic nitrogens is 2. The number of anilines is 1. The number of fused-ring (bicyclic) bond motifs is 1. The summed E-state index contributed by atoms with van der Waals surface area (Å²) >= 11 is 1.58. The van der Waals surface area contributed by atoms with E-state index in [-0.39, 0.29) is 18.3 Å². The number of rotatable bonds is 4. The number of thioether (sulfide) groups is 1. The first-order valence-corrected chi connectivity index (χ1v) is 8.78. The molecule has 4 rings (SSSR count). The average molecular weight is 367 g/mol. The van der Waals surface area contributed by atoms with E-state index < -0.39 is 5.54 Å². The molecule has 0 spiro atoms. The zero-order chi connectivity index (χ0) is 15.9. The van der Waals surface area contributed by atoms with E-state index in [0.717, 1.165) is 29.8 Å². The molecule has 1 amide bonds. The molecule has 0 radical (unpaired) electrons. The molecule has 1 aliphatic carbocycles. The Hall–Kier alpha value is -1.57. The largest absolute Gasteiger partial charge is 0.339 e. The Morgan fingerprint density at radius 3 is 2.88 bits per heavy atom. The summed E-state index contributed by atoms with van der Waals surface area (Å²) in [4.78, 5) is 19.6. The minimum absolute atomic E-state index is 0. The number of nitrogens with two attached hydrogens (primary N) is 1. The van der Waals surface area contributed by atoms with Crippen LogP contribution in [0.1, 0.15) is 31.0 Å². The molecule has 0 bridgehead atoms. The number of halogens is 1. The van der Waals surface area contributed by atoms with Crippen molar-refractivity contribution < 1.29 is 9.32 Å². The van der Waals surface area contributed by atoms with Crippen molar-refractivity contribution in [1.82, 2.24) is 10.1 Å². The van der Waals surface area contributed by atoms with Crippen LogP contribution in [0.25, 0.3) is 0 Å². The summed E-state index contributed by atoms with van der Waals surface area (Å²) in [5.74, 6) is 1.72. The van der Waals surface area contributed by atoms with Gasteiger partial charge in [-0.2, -0.15) is 4.98 Å².